The zero-order valence-corrected chi connectivity index (χ0v) is 17.2. The van der Waals surface area contributed by atoms with Crippen molar-refractivity contribution in [2.24, 2.45) is 0 Å². The number of carbonyl (C=O) groups excluding carboxylic acids is 1. The van der Waals surface area contributed by atoms with Crippen LogP contribution in [0.2, 0.25) is 0 Å². The van der Waals surface area contributed by atoms with Crippen LogP contribution in [0.3, 0.4) is 0 Å². The first-order chi connectivity index (χ1) is 15.4. The van der Waals surface area contributed by atoms with Gasteiger partial charge in [-0.2, -0.15) is 0 Å². The maximum absolute atomic E-state index is 13.6. The van der Waals surface area contributed by atoms with E-state index in [9.17, 15) is 19.7 Å². The summed E-state index contributed by atoms with van der Waals surface area (Å²) < 4.78 is 5.96. The first-order valence-corrected chi connectivity index (χ1v) is 9.93. The van der Waals surface area contributed by atoms with Gasteiger partial charge in [-0.25, -0.2) is 4.98 Å². The molecular formula is C24H17N3O5. The number of fused-ring (bicyclic) bond motifs is 2. The summed E-state index contributed by atoms with van der Waals surface area (Å²) in [6.45, 7) is 3.79. The van der Waals surface area contributed by atoms with Crippen molar-refractivity contribution in [3.05, 3.63) is 109 Å². The van der Waals surface area contributed by atoms with E-state index in [0.717, 1.165) is 11.1 Å². The van der Waals surface area contributed by atoms with Crippen LogP contribution < -0.4 is 10.3 Å². The summed E-state index contributed by atoms with van der Waals surface area (Å²) in [6, 6.07) is 13.6. The van der Waals surface area contributed by atoms with Gasteiger partial charge in [-0.3, -0.25) is 24.6 Å². The molecule has 1 aliphatic heterocycles. The van der Waals surface area contributed by atoms with Crippen LogP contribution in [-0.4, -0.2) is 15.8 Å². The highest BCUT2D eigenvalue weighted by molar-refractivity contribution is 6.10. The van der Waals surface area contributed by atoms with Crippen molar-refractivity contribution in [2.45, 2.75) is 19.9 Å². The van der Waals surface area contributed by atoms with Gasteiger partial charge in [0.05, 0.1) is 21.9 Å². The highest BCUT2D eigenvalue weighted by Gasteiger charge is 2.44. The number of nitrogens with zero attached hydrogens (tertiary/aromatic N) is 3. The first kappa shape index (κ1) is 19.6. The number of aromatic nitrogens is 1. The zero-order valence-electron chi connectivity index (χ0n) is 17.2. The highest BCUT2D eigenvalue weighted by Crippen LogP contribution is 2.41. The van der Waals surface area contributed by atoms with Crippen LogP contribution in [0, 0.1) is 24.0 Å². The number of rotatable bonds is 3. The Morgan fingerprint density at radius 3 is 2.53 bits per heavy atom. The van der Waals surface area contributed by atoms with Crippen molar-refractivity contribution in [1.82, 2.24) is 4.98 Å². The summed E-state index contributed by atoms with van der Waals surface area (Å²) in [5.41, 5.74) is 2.27. The molecule has 3 heterocycles. The maximum atomic E-state index is 13.6. The molecule has 32 heavy (non-hydrogen) atoms. The molecule has 158 valence electrons. The van der Waals surface area contributed by atoms with Crippen molar-refractivity contribution < 1.29 is 14.1 Å². The van der Waals surface area contributed by atoms with Gasteiger partial charge in [0, 0.05) is 18.3 Å². The summed E-state index contributed by atoms with van der Waals surface area (Å²) >= 11 is 0. The normalized spacial score (nSPS) is 15.2. The number of aryl methyl sites for hydroxylation is 2. The van der Waals surface area contributed by atoms with E-state index in [2.05, 4.69) is 4.98 Å². The number of benzene rings is 2. The second-order valence-electron chi connectivity index (χ2n) is 7.72. The van der Waals surface area contributed by atoms with E-state index < -0.39 is 16.9 Å². The number of pyridine rings is 1. The standard InChI is InChI=1S/C24H17N3O5/c1-13-10-17-18(11-14(13)2)32-23-20(22(17)28)21(15-6-5-7-16(12-15)27(30)31)26(24(23)29)19-8-3-4-9-25-19/h3-12,21H,1-2H3/t21-/m1/s1. The van der Waals surface area contributed by atoms with Crippen LogP contribution in [-0.2, 0) is 0 Å². The molecule has 2 aromatic heterocycles. The fourth-order valence-electron chi connectivity index (χ4n) is 4.08. The number of carbonyl (C=O) groups is 1. The number of nitro benzene ring substituents is 1. The second-order valence-corrected chi connectivity index (χ2v) is 7.72. The third kappa shape index (κ3) is 2.88. The van der Waals surface area contributed by atoms with Gasteiger partial charge in [-0.05, 0) is 54.8 Å². The first-order valence-electron chi connectivity index (χ1n) is 9.93. The van der Waals surface area contributed by atoms with Gasteiger partial charge < -0.3 is 4.42 Å². The zero-order chi connectivity index (χ0) is 22.6. The summed E-state index contributed by atoms with van der Waals surface area (Å²) in [5, 5.41) is 11.7. The lowest BCUT2D eigenvalue weighted by molar-refractivity contribution is -0.384. The van der Waals surface area contributed by atoms with E-state index in [1.165, 1.54) is 29.3 Å². The van der Waals surface area contributed by atoms with E-state index in [0.29, 0.717) is 22.4 Å². The van der Waals surface area contributed by atoms with Gasteiger partial charge in [-0.15, -0.1) is 0 Å². The van der Waals surface area contributed by atoms with Crippen molar-refractivity contribution in [2.75, 3.05) is 4.90 Å². The van der Waals surface area contributed by atoms with Gasteiger partial charge in [0.1, 0.15) is 11.4 Å². The number of amides is 1. The molecule has 0 spiro atoms. The topological polar surface area (TPSA) is 107 Å². The maximum Gasteiger partial charge on any atom is 0.296 e. The molecule has 0 unspecified atom stereocenters. The van der Waals surface area contributed by atoms with Crippen LogP contribution >= 0.6 is 0 Å². The Kier molecular flexibility index (Phi) is 4.37. The van der Waals surface area contributed by atoms with Crippen LogP contribution in [0.1, 0.15) is 38.9 Å². The van der Waals surface area contributed by atoms with Crippen LogP contribution in [0.5, 0.6) is 0 Å². The smallest absolute Gasteiger partial charge is 0.296 e. The number of non-ortho nitro benzene ring substituents is 1. The highest BCUT2D eigenvalue weighted by atomic mass is 16.6. The Bertz CT molecular complexity index is 1480. The Labute approximate surface area is 181 Å². The molecule has 0 saturated heterocycles. The number of hydrogen-bond donors (Lipinski definition) is 0. The molecule has 0 bridgehead atoms. The predicted molar refractivity (Wildman–Crippen MR) is 118 cm³/mol. The molecule has 4 aromatic rings. The van der Waals surface area contributed by atoms with Crippen LogP contribution in [0.15, 0.2) is 70.0 Å². The summed E-state index contributed by atoms with van der Waals surface area (Å²) in [7, 11) is 0. The minimum Gasteiger partial charge on any atom is -0.450 e. The van der Waals surface area contributed by atoms with Gasteiger partial charge in [0.25, 0.3) is 11.6 Å². The van der Waals surface area contributed by atoms with E-state index >= 15 is 0 Å². The van der Waals surface area contributed by atoms with Gasteiger partial charge >= 0.3 is 0 Å². The molecule has 2 aromatic carbocycles. The lowest BCUT2D eigenvalue weighted by Crippen LogP contribution is -2.30. The minimum atomic E-state index is -0.908. The molecule has 0 N–H and O–H groups in total. The quantitative estimate of drug-likeness (QED) is 0.353. The average molecular weight is 427 g/mol. The number of anilines is 1. The molecule has 1 atom stereocenters. The summed E-state index contributed by atoms with van der Waals surface area (Å²) in [5.74, 6) is -0.281. The molecule has 5 rings (SSSR count). The summed E-state index contributed by atoms with van der Waals surface area (Å²) in [6.07, 6.45) is 1.54. The van der Waals surface area contributed by atoms with Crippen molar-refractivity contribution in [3.63, 3.8) is 0 Å². The van der Waals surface area contributed by atoms with Crippen molar-refractivity contribution in [1.29, 1.82) is 0 Å². The molecule has 8 nitrogen and oxygen atoms in total. The van der Waals surface area contributed by atoms with Crippen LogP contribution in [0.25, 0.3) is 11.0 Å². The minimum absolute atomic E-state index is 0.0760. The third-order valence-electron chi connectivity index (χ3n) is 5.78. The lowest BCUT2D eigenvalue weighted by Gasteiger charge is -2.23. The molecule has 1 amide bonds. The lowest BCUT2D eigenvalue weighted by atomic mass is 9.97. The molecule has 8 heteroatoms. The molecule has 0 aliphatic carbocycles. The second kappa shape index (κ2) is 7.12. The van der Waals surface area contributed by atoms with E-state index in [1.807, 2.05) is 13.8 Å². The fourth-order valence-corrected chi connectivity index (χ4v) is 4.08. The number of nitro groups is 1. The fraction of sp³-hybridized carbons (Fsp3) is 0.125. The largest absolute Gasteiger partial charge is 0.450 e. The predicted octanol–water partition coefficient (Wildman–Crippen LogP) is 4.46. The molecular weight excluding hydrogens is 410 g/mol. The van der Waals surface area contributed by atoms with Gasteiger partial charge in [0.2, 0.25) is 5.76 Å². The Morgan fingerprint density at radius 2 is 1.81 bits per heavy atom. The van der Waals surface area contributed by atoms with Crippen molar-refractivity contribution in [3.8, 4) is 0 Å². The van der Waals surface area contributed by atoms with E-state index in [4.69, 9.17) is 4.42 Å². The van der Waals surface area contributed by atoms with Gasteiger partial charge in [0.15, 0.2) is 5.43 Å². The summed E-state index contributed by atoms with van der Waals surface area (Å²) in [4.78, 5) is 43.6. The van der Waals surface area contributed by atoms with E-state index in [-0.39, 0.29) is 22.4 Å². The van der Waals surface area contributed by atoms with Crippen LogP contribution in [0.4, 0.5) is 11.5 Å². The Morgan fingerprint density at radius 1 is 1.03 bits per heavy atom. The Hall–Kier alpha value is -4.33. The Balaban J connectivity index is 1.84. The van der Waals surface area contributed by atoms with E-state index in [1.54, 1.807) is 36.4 Å². The monoisotopic (exact) mass is 427 g/mol. The van der Waals surface area contributed by atoms with Gasteiger partial charge in [-0.1, -0.05) is 18.2 Å². The molecule has 1 aliphatic rings. The molecule has 0 saturated carbocycles. The SMILES string of the molecule is Cc1cc2oc3c(c(=O)c2cc1C)[C@@H](c1cccc([N+](=O)[O-])c1)N(c1ccccn1)C3=O. The van der Waals surface area contributed by atoms with Crippen molar-refractivity contribution >= 4 is 28.4 Å². The average Bonchev–Trinajstić information content (AvgIpc) is 3.08. The molecule has 0 fully saturated rings. The molecule has 0 radical (unpaired) electrons. The number of hydrogen-bond acceptors (Lipinski definition) is 6. The third-order valence-corrected chi connectivity index (χ3v) is 5.78.